The predicted octanol–water partition coefficient (Wildman–Crippen LogP) is 2.85. The molecule has 1 heterocycles. The SMILES string of the molecule is CC(C)(C)C(NC(=O)c1nn(Cc2cccc3ccccc23)c2ccccc12)C(=O)NCC(O)CO. The Morgan fingerprint density at radius 1 is 0.972 bits per heavy atom. The smallest absolute Gasteiger partial charge is 0.273 e. The summed E-state index contributed by atoms with van der Waals surface area (Å²) >= 11 is 0. The Labute approximate surface area is 209 Å². The minimum Gasteiger partial charge on any atom is -0.394 e. The Balaban J connectivity index is 1.64. The van der Waals surface area contributed by atoms with Crippen molar-refractivity contribution in [3.63, 3.8) is 0 Å². The quantitative estimate of drug-likeness (QED) is 0.304. The maximum absolute atomic E-state index is 13.4. The molecule has 4 aromatic rings. The van der Waals surface area contributed by atoms with Gasteiger partial charge in [-0.3, -0.25) is 14.3 Å². The van der Waals surface area contributed by atoms with Crippen LogP contribution in [0, 0.1) is 5.41 Å². The third-order valence-electron chi connectivity index (χ3n) is 6.20. The number of aromatic nitrogens is 2. The number of aliphatic hydroxyl groups is 2. The molecule has 0 aliphatic heterocycles. The lowest BCUT2D eigenvalue weighted by atomic mass is 9.86. The fourth-order valence-corrected chi connectivity index (χ4v) is 4.27. The molecule has 0 aliphatic rings. The van der Waals surface area contributed by atoms with Crippen LogP contribution in [-0.2, 0) is 11.3 Å². The van der Waals surface area contributed by atoms with Crippen molar-refractivity contribution in [1.29, 1.82) is 0 Å². The zero-order chi connectivity index (χ0) is 25.9. The molecule has 4 N–H and O–H groups in total. The summed E-state index contributed by atoms with van der Waals surface area (Å²) < 4.78 is 1.82. The van der Waals surface area contributed by atoms with Gasteiger partial charge in [0.05, 0.1) is 24.8 Å². The maximum atomic E-state index is 13.4. The summed E-state index contributed by atoms with van der Waals surface area (Å²) in [6.07, 6.45) is -1.07. The lowest BCUT2D eigenvalue weighted by molar-refractivity contribution is -0.125. The van der Waals surface area contributed by atoms with E-state index in [1.807, 2.05) is 67.9 Å². The first-order chi connectivity index (χ1) is 17.2. The molecule has 2 atom stereocenters. The number of hydrogen-bond acceptors (Lipinski definition) is 5. The van der Waals surface area contributed by atoms with E-state index in [1.54, 1.807) is 0 Å². The van der Waals surface area contributed by atoms with E-state index in [0.29, 0.717) is 11.9 Å². The second-order valence-corrected chi connectivity index (χ2v) is 10.0. The summed E-state index contributed by atoms with van der Waals surface area (Å²) in [6, 6.07) is 20.9. The van der Waals surface area contributed by atoms with E-state index in [1.165, 1.54) is 0 Å². The molecule has 0 spiro atoms. The molecule has 188 valence electrons. The third-order valence-corrected chi connectivity index (χ3v) is 6.20. The van der Waals surface area contributed by atoms with E-state index < -0.39 is 36.0 Å². The van der Waals surface area contributed by atoms with Crippen molar-refractivity contribution in [2.75, 3.05) is 13.2 Å². The van der Waals surface area contributed by atoms with Crippen molar-refractivity contribution in [3.8, 4) is 0 Å². The van der Waals surface area contributed by atoms with E-state index in [2.05, 4.69) is 40.0 Å². The fraction of sp³-hybridized carbons (Fsp3) is 0.321. The molecular weight excluding hydrogens is 456 g/mol. The minimum atomic E-state index is -1.07. The second-order valence-electron chi connectivity index (χ2n) is 10.0. The molecule has 1 aromatic heterocycles. The average Bonchev–Trinajstić information content (AvgIpc) is 3.23. The molecule has 0 fully saturated rings. The first-order valence-corrected chi connectivity index (χ1v) is 12.0. The van der Waals surface area contributed by atoms with Crippen LogP contribution in [0.4, 0.5) is 0 Å². The Morgan fingerprint density at radius 2 is 1.64 bits per heavy atom. The summed E-state index contributed by atoms with van der Waals surface area (Å²) in [6.45, 7) is 5.44. The zero-order valence-electron chi connectivity index (χ0n) is 20.7. The fourth-order valence-electron chi connectivity index (χ4n) is 4.27. The van der Waals surface area contributed by atoms with Crippen LogP contribution in [0.25, 0.3) is 21.7 Å². The van der Waals surface area contributed by atoms with Crippen LogP contribution < -0.4 is 10.6 Å². The van der Waals surface area contributed by atoms with E-state index in [4.69, 9.17) is 5.11 Å². The number of aliphatic hydroxyl groups excluding tert-OH is 2. The normalized spacial score (nSPS) is 13.5. The Kier molecular flexibility index (Phi) is 7.37. The number of nitrogens with zero attached hydrogens (tertiary/aromatic N) is 2. The number of amides is 2. The summed E-state index contributed by atoms with van der Waals surface area (Å²) in [5.74, 6) is -0.900. The second kappa shape index (κ2) is 10.5. The minimum absolute atomic E-state index is 0.111. The Bertz CT molecular complexity index is 1380. The van der Waals surface area contributed by atoms with Gasteiger partial charge in [-0.25, -0.2) is 0 Å². The van der Waals surface area contributed by atoms with Gasteiger partial charge in [-0.1, -0.05) is 81.4 Å². The summed E-state index contributed by atoms with van der Waals surface area (Å²) in [4.78, 5) is 26.3. The van der Waals surface area contributed by atoms with Gasteiger partial charge in [0.15, 0.2) is 5.69 Å². The average molecular weight is 489 g/mol. The molecule has 2 unspecified atom stereocenters. The first-order valence-electron chi connectivity index (χ1n) is 12.0. The van der Waals surface area contributed by atoms with E-state index >= 15 is 0 Å². The third kappa shape index (κ3) is 5.40. The number of carbonyl (C=O) groups is 2. The van der Waals surface area contributed by atoms with Crippen LogP contribution in [0.3, 0.4) is 0 Å². The highest BCUT2D eigenvalue weighted by Crippen LogP contribution is 2.25. The topological polar surface area (TPSA) is 116 Å². The predicted molar refractivity (Wildman–Crippen MR) is 140 cm³/mol. The molecule has 8 heteroatoms. The van der Waals surface area contributed by atoms with E-state index in [9.17, 15) is 14.7 Å². The molecule has 0 bridgehead atoms. The van der Waals surface area contributed by atoms with Crippen LogP contribution in [0.15, 0.2) is 66.7 Å². The number of benzene rings is 3. The first kappa shape index (κ1) is 25.3. The zero-order valence-corrected chi connectivity index (χ0v) is 20.7. The van der Waals surface area contributed by atoms with Gasteiger partial charge in [0.1, 0.15) is 6.04 Å². The lowest BCUT2D eigenvalue weighted by Gasteiger charge is -2.30. The molecule has 2 amide bonds. The van der Waals surface area contributed by atoms with E-state index in [-0.39, 0.29) is 12.2 Å². The highest BCUT2D eigenvalue weighted by atomic mass is 16.3. The van der Waals surface area contributed by atoms with Gasteiger partial charge in [0, 0.05) is 11.9 Å². The van der Waals surface area contributed by atoms with Crippen LogP contribution >= 0.6 is 0 Å². The molecule has 0 aliphatic carbocycles. The number of rotatable bonds is 8. The Hall–Kier alpha value is -3.75. The van der Waals surface area contributed by atoms with Crippen LogP contribution in [0.2, 0.25) is 0 Å². The number of hydrogen-bond donors (Lipinski definition) is 4. The van der Waals surface area contributed by atoms with Gasteiger partial charge in [-0.15, -0.1) is 0 Å². The van der Waals surface area contributed by atoms with Crippen molar-refractivity contribution in [3.05, 3.63) is 78.0 Å². The van der Waals surface area contributed by atoms with Gasteiger partial charge in [0.2, 0.25) is 5.91 Å². The molecule has 3 aromatic carbocycles. The number of carbonyl (C=O) groups excluding carboxylic acids is 2. The number of fused-ring (bicyclic) bond motifs is 2. The van der Waals surface area contributed by atoms with Crippen molar-refractivity contribution >= 4 is 33.5 Å². The van der Waals surface area contributed by atoms with Crippen molar-refractivity contribution in [2.45, 2.75) is 39.5 Å². The van der Waals surface area contributed by atoms with Crippen LogP contribution in [-0.4, -0.2) is 57.1 Å². The summed E-state index contributed by atoms with van der Waals surface area (Å²) in [7, 11) is 0. The molecule has 36 heavy (non-hydrogen) atoms. The number of nitrogens with one attached hydrogen (secondary N) is 2. The lowest BCUT2D eigenvalue weighted by Crippen LogP contribution is -2.54. The highest BCUT2D eigenvalue weighted by Gasteiger charge is 2.34. The van der Waals surface area contributed by atoms with Crippen molar-refractivity contribution in [2.24, 2.45) is 5.41 Å². The molecule has 8 nitrogen and oxygen atoms in total. The van der Waals surface area contributed by atoms with Crippen molar-refractivity contribution < 1.29 is 19.8 Å². The largest absolute Gasteiger partial charge is 0.394 e. The standard InChI is InChI=1S/C28H32N4O4/c1-28(2,3)25(27(36)29-15-20(34)17-33)30-26(35)24-22-13-6-7-14-23(22)32(31-24)16-19-11-8-10-18-9-4-5-12-21(18)19/h4-14,20,25,33-34H,15-17H2,1-3H3,(H,29,36)(H,30,35). The summed E-state index contributed by atoms with van der Waals surface area (Å²) in [5.41, 5.74) is 1.54. The molecular formula is C28H32N4O4. The maximum Gasteiger partial charge on any atom is 0.273 e. The van der Waals surface area contributed by atoms with Gasteiger partial charge in [0.25, 0.3) is 5.91 Å². The summed E-state index contributed by atoms with van der Waals surface area (Å²) in [5, 5.41) is 31.7. The van der Waals surface area contributed by atoms with Crippen LogP contribution in [0.1, 0.15) is 36.8 Å². The monoisotopic (exact) mass is 488 g/mol. The Morgan fingerprint density at radius 3 is 2.36 bits per heavy atom. The van der Waals surface area contributed by atoms with Crippen LogP contribution in [0.5, 0.6) is 0 Å². The van der Waals surface area contributed by atoms with Gasteiger partial charge in [-0.2, -0.15) is 5.10 Å². The molecule has 4 rings (SSSR count). The van der Waals surface area contributed by atoms with Crippen molar-refractivity contribution in [1.82, 2.24) is 20.4 Å². The molecule has 0 radical (unpaired) electrons. The molecule has 0 saturated heterocycles. The number of para-hydroxylation sites is 1. The molecule has 0 saturated carbocycles. The van der Waals surface area contributed by atoms with E-state index in [0.717, 1.165) is 21.9 Å². The highest BCUT2D eigenvalue weighted by molar-refractivity contribution is 6.06. The van der Waals surface area contributed by atoms with Gasteiger partial charge < -0.3 is 20.8 Å². The van der Waals surface area contributed by atoms with Gasteiger partial charge in [-0.05, 0) is 27.8 Å². The van der Waals surface area contributed by atoms with Gasteiger partial charge >= 0.3 is 0 Å².